The molecule has 0 spiro atoms. The summed E-state index contributed by atoms with van der Waals surface area (Å²) in [5, 5.41) is 0. The molecule has 0 fully saturated rings. The Kier molecular flexibility index (Phi) is 5.61. The lowest BCUT2D eigenvalue weighted by molar-refractivity contribution is 0.398. The van der Waals surface area contributed by atoms with Crippen LogP contribution in [0.4, 0.5) is 0 Å². The zero-order valence-corrected chi connectivity index (χ0v) is 13.7. The monoisotopic (exact) mass is 341 g/mol. The van der Waals surface area contributed by atoms with Crippen LogP contribution in [0.1, 0.15) is 0 Å². The third kappa shape index (κ3) is 3.80. The second kappa shape index (κ2) is 6.84. The van der Waals surface area contributed by atoms with Crippen molar-refractivity contribution in [1.82, 2.24) is 4.31 Å². The van der Waals surface area contributed by atoms with Crippen LogP contribution >= 0.6 is 0 Å². The van der Waals surface area contributed by atoms with Crippen LogP contribution in [0, 0.1) is 24.7 Å². The number of methoxy groups -OCH3 is 1. The third-order valence-electron chi connectivity index (χ3n) is 2.72. The zero-order chi connectivity index (χ0) is 17.0. The number of terminal acetylenes is 2. The summed E-state index contributed by atoms with van der Waals surface area (Å²) in [4.78, 5) is -0.448. The van der Waals surface area contributed by atoms with Crippen molar-refractivity contribution >= 4 is 19.9 Å². The first-order chi connectivity index (χ1) is 10.2. The number of sulfonamides is 1. The van der Waals surface area contributed by atoms with E-state index in [1.165, 1.54) is 19.2 Å². The van der Waals surface area contributed by atoms with Gasteiger partial charge in [-0.15, -0.1) is 12.8 Å². The van der Waals surface area contributed by atoms with Crippen molar-refractivity contribution in [1.29, 1.82) is 0 Å². The van der Waals surface area contributed by atoms with Crippen LogP contribution in [-0.2, 0) is 19.9 Å². The highest BCUT2D eigenvalue weighted by Crippen LogP contribution is 2.29. The molecule has 0 aliphatic heterocycles. The highest BCUT2D eigenvalue weighted by atomic mass is 32.2. The topological polar surface area (TPSA) is 80.8 Å². The molecule has 0 atom stereocenters. The van der Waals surface area contributed by atoms with Gasteiger partial charge in [0.25, 0.3) is 0 Å². The van der Waals surface area contributed by atoms with Gasteiger partial charge in [0.2, 0.25) is 10.0 Å². The molecule has 0 radical (unpaired) electrons. The van der Waals surface area contributed by atoms with Crippen LogP contribution in [0.5, 0.6) is 5.75 Å². The van der Waals surface area contributed by atoms with Gasteiger partial charge in [-0.3, -0.25) is 0 Å². The SMILES string of the molecule is C#CCN(CC#C)S(=O)(=O)c1cc(S(C)(=O)=O)ccc1OC. The van der Waals surface area contributed by atoms with Gasteiger partial charge in [-0.25, -0.2) is 16.8 Å². The maximum Gasteiger partial charge on any atom is 0.248 e. The molecule has 0 aliphatic rings. The highest BCUT2D eigenvalue weighted by Gasteiger charge is 2.28. The Balaban J connectivity index is 3.58. The van der Waals surface area contributed by atoms with E-state index >= 15 is 0 Å². The predicted octanol–water partition coefficient (Wildman–Crippen LogP) is 0.356. The third-order valence-corrected chi connectivity index (χ3v) is 5.64. The van der Waals surface area contributed by atoms with Crippen molar-refractivity contribution in [2.24, 2.45) is 0 Å². The maximum atomic E-state index is 12.6. The van der Waals surface area contributed by atoms with E-state index < -0.39 is 19.9 Å². The summed E-state index contributed by atoms with van der Waals surface area (Å²) < 4.78 is 54.4. The summed E-state index contributed by atoms with van der Waals surface area (Å²) in [6.07, 6.45) is 11.3. The van der Waals surface area contributed by atoms with Gasteiger partial charge in [-0.2, -0.15) is 4.31 Å². The van der Waals surface area contributed by atoms with Crippen molar-refractivity contribution < 1.29 is 21.6 Å². The van der Waals surface area contributed by atoms with Gasteiger partial charge in [-0.1, -0.05) is 11.8 Å². The van der Waals surface area contributed by atoms with E-state index in [9.17, 15) is 16.8 Å². The summed E-state index contributed by atoms with van der Waals surface area (Å²) in [5.74, 6) is 4.41. The molecule has 0 amide bonds. The fourth-order valence-electron chi connectivity index (χ4n) is 1.66. The molecule has 0 heterocycles. The summed E-state index contributed by atoms with van der Waals surface area (Å²) >= 11 is 0. The van der Waals surface area contributed by atoms with Gasteiger partial charge in [0.15, 0.2) is 9.84 Å². The first kappa shape index (κ1) is 18.1. The molecular weight excluding hydrogens is 326 g/mol. The fourth-order valence-corrected chi connectivity index (χ4v) is 3.83. The maximum absolute atomic E-state index is 12.6. The lowest BCUT2D eigenvalue weighted by Crippen LogP contribution is -2.32. The van der Waals surface area contributed by atoms with Gasteiger partial charge in [-0.05, 0) is 18.2 Å². The van der Waals surface area contributed by atoms with Crippen LogP contribution < -0.4 is 4.74 Å². The molecule has 8 heteroatoms. The molecule has 22 heavy (non-hydrogen) atoms. The lowest BCUT2D eigenvalue weighted by Gasteiger charge is -2.19. The van der Waals surface area contributed by atoms with Crippen LogP contribution in [0.2, 0.25) is 0 Å². The molecule has 0 aliphatic carbocycles. The first-order valence-corrected chi connectivity index (χ1v) is 9.26. The van der Waals surface area contributed by atoms with Gasteiger partial charge in [0, 0.05) is 6.26 Å². The molecule has 1 aromatic carbocycles. The number of sulfone groups is 1. The number of rotatable bonds is 6. The van der Waals surface area contributed by atoms with Crippen molar-refractivity contribution in [2.45, 2.75) is 9.79 Å². The van der Waals surface area contributed by atoms with E-state index in [0.29, 0.717) is 0 Å². The minimum atomic E-state index is -4.09. The molecule has 1 rings (SSSR count). The summed E-state index contributed by atoms with van der Waals surface area (Å²) in [6.45, 7) is -0.475. The van der Waals surface area contributed by atoms with Crippen LogP contribution in [0.3, 0.4) is 0 Å². The Bertz CT molecular complexity index is 826. The second-order valence-corrected chi connectivity index (χ2v) is 8.19. The highest BCUT2D eigenvalue weighted by molar-refractivity contribution is 7.91. The quantitative estimate of drug-likeness (QED) is 0.698. The Hall–Kier alpha value is -2.00. The predicted molar refractivity (Wildman–Crippen MR) is 82.5 cm³/mol. The standard InChI is InChI=1S/C14H15NO5S2/c1-5-9-15(10-6-2)22(18,19)14-11-12(21(4,16)17)7-8-13(14)20-3/h1-2,7-8,11H,9-10H2,3-4H3. The van der Waals surface area contributed by atoms with E-state index in [2.05, 4.69) is 11.8 Å². The van der Waals surface area contributed by atoms with E-state index in [1.807, 2.05) is 0 Å². The van der Waals surface area contributed by atoms with E-state index in [1.54, 1.807) is 0 Å². The Labute approximate surface area is 131 Å². The Morgan fingerprint density at radius 2 is 1.68 bits per heavy atom. The number of ether oxygens (including phenoxy) is 1. The van der Waals surface area contributed by atoms with Crippen molar-refractivity contribution in [3.63, 3.8) is 0 Å². The smallest absolute Gasteiger partial charge is 0.248 e. The molecular formula is C14H15NO5S2. The average Bonchev–Trinajstić information content (AvgIpc) is 2.45. The molecule has 6 nitrogen and oxygen atoms in total. The Morgan fingerprint density at radius 3 is 2.09 bits per heavy atom. The number of hydrogen-bond donors (Lipinski definition) is 0. The van der Waals surface area contributed by atoms with E-state index in [-0.39, 0.29) is 28.6 Å². The van der Waals surface area contributed by atoms with Crippen LogP contribution in [0.25, 0.3) is 0 Å². The second-order valence-electron chi connectivity index (χ2n) is 4.27. The molecule has 0 saturated carbocycles. The summed E-state index contributed by atoms with van der Waals surface area (Å²) in [7, 11) is -6.39. The van der Waals surface area contributed by atoms with Gasteiger partial charge in [0.1, 0.15) is 10.6 Å². The van der Waals surface area contributed by atoms with Crippen LogP contribution in [-0.4, -0.2) is 47.6 Å². The van der Waals surface area contributed by atoms with Gasteiger partial charge < -0.3 is 4.74 Å². The number of hydrogen-bond acceptors (Lipinski definition) is 5. The molecule has 0 bridgehead atoms. The number of benzene rings is 1. The minimum Gasteiger partial charge on any atom is -0.495 e. The molecule has 118 valence electrons. The minimum absolute atomic E-state index is 0.00597. The van der Waals surface area contributed by atoms with Gasteiger partial charge in [0.05, 0.1) is 25.1 Å². The molecule has 0 aromatic heterocycles. The Morgan fingerprint density at radius 1 is 1.14 bits per heavy atom. The van der Waals surface area contributed by atoms with Crippen LogP contribution in [0.15, 0.2) is 28.0 Å². The molecule has 0 saturated heterocycles. The summed E-state index contributed by atoms with van der Waals surface area (Å²) in [5.41, 5.74) is 0. The van der Waals surface area contributed by atoms with Gasteiger partial charge >= 0.3 is 0 Å². The molecule has 1 aromatic rings. The van der Waals surface area contributed by atoms with Crippen molar-refractivity contribution in [3.8, 4) is 30.4 Å². The normalized spacial score (nSPS) is 11.7. The largest absolute Gasteiger partial charge is 0.495 e. The van der Waals surface area contributed by atoms with Crippen molar-refractivity contribution in [2.75, 3.05) is 26.5 Å². The molecule has 0 N–H and O–H groups in total. The zero-order valence-electron chi connectivity index (χ0n) is 12.1. The lowest BCUT2D eigenvalue weighted by atomic mass is 10.3. The van der Waals surface area contributed by atoms with E-state index in [0.717, 1.165) is 16.6 Å². The van der Waals surface area contributed by atoms with Crippen molar-refractivity contribution in [3.05, 3.63) is 18.2 Å². The first-order valence-electron chi connectivity index (χ1n) is 5.93. The van der Waals surface area contributed by atoms with E-state index in [4.69, 9.17) is 17.6 Å². The molecule has 0 unspecified atom stereocenters. The summed E-state index contributed by atoms with van der Waals surface area (Å²) in [6, 6.07) is 3.57. The number of nitrogens with zero attached hydrogens (tertiary/aromatic N) is 1. The fraction of sp³-hybridized carbons (Fsp3) is 0.286. The average molecular weight is 341 g/mol.